The maximum absolute atomic E-state index is 13.1. The third-order valence-corrected chi connectivity index (χ3v) is 4.39. The molecule has 1 atom stereocenters. The highest BCUT2D eigenvalue weighted by Gasteiger charge is 2.15. The van der Waals surface area contributed by atoms with Crippen LogP contribution in [0.3, 0.4) is 0 Å². The Bertz CT molecular complexity index is 887. The maximum atomic E-state index is 13.1. The summed E-state index contributed by atoms with van der Waals surface area (Å²) in [6.45, 7) is 4.52. The van der Waals surface area contributed by atoms with Crippen molar-refractivity contribution in [1.82, 2.24) is 15.0 Å². The monoisotopic (exact) mass is 381 g/mol. The van der Waals surface area contributed by atoms with Gasteiger partial charge in [-0.1, -0.05) is 26.0 Å². The van der Waals surface area contributed by atoms with E-state index in [-0.39, 0.29) is 24.4 Å². The van der Waals surface area contributed by atoms with Crippen LogP contribution >= 0.6 is 0 Å². The SMILES string of the molecule is CC(C)[C@@H](CO)Nc1nc(NCc2ccc(F)cc2)cc(-c2cccnc2)n1. The average Bonchev–Trinajstić information content (AvgIpc) is 2.72. The molecule has 3 aromatic rings. The van der Waals surface area contributed by atoms with Crippen LogP contribution in [0, 0.1) is 11.7 Å². The Labute approximate surface area is 163 Å². The second-order valence-electron chi connectivity index (χ2n) is 6.86. The summed E-state index contributed by atoms with van der Waals surface area (Å²) in [7, 11) is 0. The van der Waals surface area contributed by atoms with Gasteiger partial charge in [-0.2, -0.15) is 4.98 Å². The van der Waals surface area contributed by atoms with Gasteiger partial charge in [-0.15, -0.1) is 0 Å². The zero-order valence-electron chi connectivity index (χ0n) is 15.9. The third-order valence-electron chi connectivity index (χ3n) is 4.39. The third kappa shape index (κ3) is 5.23. The normalized spacial score (nSPS) is 12.0. The first-order valence-electron chi connectivity index (χ1n) is 9.20. The van der Waals surface area contributed by atoms with E-state index in [2.05, 4.69) is 25.6 Å². The summed E-state index contributed by atoms with van der Waals surface area (Å²) in [5.74, 6) is 1.00. The van der Waals surface area contributed by atoms with Crippen molar-refractivity contribution in [3.63, 3.8) is 0 Å². The Hall–Kier alpha value is -3.06. The van der Waals surface area contributed by atoms with Crippen molar-refractivity contribution < 1.29 is 9.50 Å². The van der Waals surface area contributed by atoms with E-state index in [0.29, 0.717) is 24.0 Å². The van der Waals surface area contributed by atoms with E-state index in [0.717, 1.165) is 11.1 Å². The molecule has 1 aromatic carbocycles. The number of hydrogen-bond acceptors (Lipinski definition) is 6. The molecule has 7 heteroatoms. The molecule has 2 aromatic heterocycles. The minimum Gasteiger partial charge on any atom is -0.394 e. The summed E-state index contributed by atoms with van der Waals surface area (Å²) in [4.78, 5) is 13.3. The van der Waals surface area contributed by atoms with Gasteiger partial charge in [0.1, 0.15) is 11.6 Å². The van der Waals surface area contributed by atoms with Gasteiger partial charge in [-0.3, -0.25) is 4.98 Å². The van der Waals surface area contributed by atoms with Gasteiger partial charge >= 0.3 is 0 Å². The van der Waals surface area contributed by atoms with Crippen LogP contribution in [0.2, 0.25) is 0 Å². The first kappa shape index (κ1) is 19.7. The summed E-state index contributed by atoms with van der Waals surface area (Å²) in [5.41, 5.74) is 2.52. The predicted molar refractivity (Wildman–Crippen MR) is 108 cm³/mol. The van der Waals surface area contributed by atoms with Crippen molar-refractivity contribution in [2.75, 3.05) is 17.2 Å². The number of anilines is 2. The fourth-order valence-electron chi connectivity index (χ4n) is 2.65. The highest BCUT2D eigenvalue weighted by molar-refractivity contribution is 5.63. The van der Waals surface area contributed by atoms with Gasteiger partial charge in [0.25, 0.3) is 0 Å². The molecule has 28 heavy (non-hydrogen) atoms. The van der Waals surface area contributed by atoms with Gasteiger partial charge in [-0.05, 0) is 35.7 Å². The predicted octanol–water partition coefficient (Wildman–Crippen LogP) is 3.72. The summed E-state index contributed by atoms with van der Waals surface area (Å²) >= 11 is 0. The number of aromatic nitrogens is 3. The number of nitrogens with zero attached hydrogens (tertiary/aromatic N) is 3. The smallest absolute Gasteiger partial charge is 0.225 e. The molecule has 0 spiro atoms. The van der Waals surface area contributed by atoms with Crippen LogP contribution < -0.4 is 10.6 Å². The molecule has 0 radical (unpaired) electrons. The standard InChI is InChI=1S/C21H24FN5O/c1-14(2)19(13-28)26-21-25-18(16-4-3-9-23-12-16)10-20(27-21)24-11-15-5-7-17(22)8-6-15/h3-10,12,14,19,28H,11,13H2,1-2H3,(H2,24,25,26,27)/t19-/m1/s1. The molecule has 0 aliphatic heterocycles. The van der Waals surface area contributed by atoms with E-state index in [1.54, 1.807) is 24.5 Å². The van der Waals surface area contributed by atoms with Gasteiger partial charge in [0.05, 0.1) is 18.3 Å². The molecule has 2 heterocycles. The molecule has 0 amide bonds. The highest BCUT2D eigenvalue weighted by Crippen LogP contribution is 2.22. The molecule has 3 rings (SSSR count). The number of rotatable bonds is 8. The van der Waals surface area contributed by atoms with Crippen LogP contribution in [0.25, 0.3) is 11.3 Å². The molecule has 0 saturated carbocycles. The number of hydrogen-bond donors (Lipinski definition) is 3. The van der Waals surface area contributed by atoms with Gasteiger partial charge in [0, 0.05) is 30.6 Å². The minimum absolute atomic E-state index is 0.0174. The molecule has 146 valence electrons. The van der Waals surface area contributed by atoms with Crippen molar-refractivity contribution in [1.29, 1.82) is 0 Å². The molecule has 0 fully saturated rings. The van der Waals surface area contributed by atoms with Crippen LogP contribution in [-0.4, -0.2) is 32.7 Å². The van der Waals surface area contributed by atoms with E-state index < -0.39 is 0 Å². The van der Waals surface area contributed by atoms with Crippen molar-refractivity contribution in [3.05, 3.63) is 66.2 Å². The fourth-order valence-corrected chi connectivity index (χ4v) is 2.65. The lowest BCUT2D eigenvalue weighted by molar-refractivity contribution is 0.248. The quantitative estimate of drug-likeness (QED) is 0.552. The molecular formula is C21H24FN5O. The lowest BCUT2D eigenvalue weighted by atomic mass is 10.1. The van der Waals surface area contributed by atoms with Crippen LogP contribution in [0.5, 0.6) is 0 Å². The van der Waals surface area contributed by atoms with E-state index in [1.165, 1.54) is 12.1 Å². The Kier molecular flexibility index (Phi) is 6.49. The summed E-state index contributed by atoms with van der Waals surface area (Å²) in [6.07, 6.45) is 3.44. The topological polar surface area (TPSA) is 83.0 Å². The van der Waals surface area contributed by atoms with Gasteiger partial charge < -0.3 is 15.7 Å². The Morgan fingerprint density at radius 3 is 2.54 bits per heavy atom. The Morgan fingerprint density at radius 2 is 1.89 bits per heavy atom. The Morgan fingerprint density at radius 1 is 1.11 bits per heavy atom. The van der Waals surface area contributed by atoms with Crippen molar-refractivity contribution in [2.24, 2.45) is 5.92 Å². The lowest BCUT2D eigenvalue weighted by Gasteiger charge is -2.20. The number of aliphatic hydroxyl groups is 1. The van der Waals surface area contributed by atoms with E-state index in [9.17, 15) is 9.50 Å². The molecule has 0 aliphatic carbocycles. The van der Waals surface area contributed by atoms with Crippen LogP contribution in [0.15, 0.2) is 54.9 Å². The van der Waals surface area contributed by atoms with Crippen LogP contribution in [0.4, 0.5) is 16.2 Å². The number of pyridine rings is 1. The van der Waals surface area contributed by atoms with Gasteiger partial charge in [0.15, 0.2) is 0 Å². The first-order chi connectivity index (χ1) is 13.5. The van der Waals surface area contributed by atoms with E-state index in [4.69, 9.17) is 0 Å². The van der Waals surface area contributed by atoms with Gasteiger partial charge in [-0.25, -0.2) is 9.37 Å². The van der Waals surface area contributed by atoms with Crippen LogP contribution in [0.1, 0.15) is 19.4 Å². The second-order valence-corrected chi connectivity index (χ2v) is 6.86. The molecule has 3 N–H and O–H groups in total. The zero-order chi connectivity index (χ0) is 19.9. The molecule has 0 unspecified atom stereocenters. The van der Waals surface area contributed by atoms with Crippen molar-refractivity contribution in [2.45, 2.75) is 26.4 Å². The van der Waals surface area contributed by atoms with Crippen LogP contribution in [-0.2, 0) is 6.54 Å². The van der Waals surface area contributed by atoms with Crippen molar-refractivity contribution in [3.8, 4) is 11.3 Å². The maximum Gasteiger partial charge on any atom is 0.225 e. The number of nitrogens with one attached hydrogen (secondary N) is 2. The summed E-state index contributed by atoms with van der Waals surface area (Å²) < 4.78 is 13.1. The van der Waals surface area contributed by atoms with Gasteiger partial charge in [0.2, 0.25) is 5.95 Å². The van der Waals surface area contributed by atoms with E-state index >= 15 is 0 Å². The molecule has 0 bridgehead atoms. The number of aliphatic hydroxyl groups excluding tert-OH is 1. The van der Waals surface area contributed by atoms with Crippen molar-refractivity contribution >= 4 is 11.8 Å². The Balaban J connectivity index is 1.87. The number of halogens is 1. The summed E-state index contributed by atoms with van der Waals surface area (Å²) in [6, 6.07) is 11.8. The first-order valence-corrected chi connectivity index (χ1v) is 9.20. The average molecular weight is 381 g/mol. The number of benzene rings is 1. The lowest BCUT2D eigenvalue weighted by Crippen LogP contribution is -2.30. The summed E-state index contributed by atoms with van der Waals surface area (Å²) in [5, 5.41) is 16.1. The molecular weight excluding hydrogens is 357 g/mol. The van der Waals surface area contributed by atoms with E-state index in [1.807, 2.05) is 32.0 Å². The molecule has 0 saturated heterocycles. The largest absolute Gasteiger partial charge is 0.394 e. The minimum atomic E-state index is -0.264. The molecule has 6 nitrogen and oxygen atoms in total. The second kappa shape index (κ2) is 9.23. The zero-order valence-corrected chi connectivity index (χ0v) is 15.9. The fraction of sp³-hybridized carbons (Fsp3) is 0.286. The molecule has 0 aliphatic rings. The highest BCUT2D eigenvalue weighted by atomic mass is 19.1.